The van der Waals surface area contributed by atoms with Crippen molar-refractivity contribution in [3.63, 3.8) is 0 Å². The predicted molar refractivity (Wildman–Crippen MR) is 78.2 cm³/mol. The van der Waals surface area contributed by atoms with Crippen LogP contribution in [0.25, 0.3) is 0 Å². The van der Waals surface area contributed by atoms with Gasteiger partial charge in [-0.2, -0.15) is 0 Å². The van der Waals surface area contributed by atoms with Crippen LogP contribution in [-0.4, -0.2) is 24.8 Å². The predicted octanol–water partition coefficient (Wildman–Crippen LogP) is 3.23. The van der Waals surface area contributed by atoms with Gasteiger partial charge in [-0.3, -0.25) is 0 Å². The van der Waals surface area contributed by atoms with Crippen LogP contribution in [0.5, 0.6) is 0 Å². The number of benzene rings is 1. The lowest BCUT2D eigenvalue weighted by atomic mass is 9.84. The van der Waals surface area contributed by atoms with Crippen molar-refractivity contribution >= 4 is 11.6 Å². The standard InChI is InChI=1S/C15H24ClNO/c1-14(2,11-18)9-17-10-15(3,4)12-5-7-13(16)8-6-12/h5-8,17-18H,9-11H2,1-4H3. The van der Waals surface area contributed by atoms with Crippen molar-refractivity contribution < 1.29 is 5.11 Å². The molecule has 0 aliphatic carbocycles. The molecule has 2 N–H and O–H groups in total. The fraction of sp³-hybridized carbons (Fsp3) is 0.600. The van der Waals surface area contributed by atoms with E-state index in [-0.39, 0.29) is 17.4 Å². The Hall–Kier alpha value is -0.570. The highest BCUT2D eigenvalue weighted by molar-refractivity contribution is 6.30. The SMILES string of the molecule is CC(C)(CO)CNCC(C)(C)c1ccc(Cl)cc1. The third-order valence-corrected chi connectivity index (χ3v) is 3.48. The summed E-state index contributed by atoms with van der Waals surface area (Å²) >= 11 is 5.90. The van der Waals surface area contributed by atoms with Gasteiger partial charge in [-0.05, 0) is 17.7 Å². The summed E-state index contributed by atoms with van der Waals surface area (Å²) in [6.45, 7) is 10.4. The molecule has 3 heteroatoms. The number of nitrogens with one attached hydrogen (secondary N) is 1. The maximum absolute atomic E-state index is 9.22. The monoisotopic (exact) mass is 269 g/mol. The maximum atomic E-state index is 9.22. The summed E-state index contributed by atoms with van der Waals surface area (Å²) in [4.78, 5) is 0. The van der Waals surface area contributed by atoms with Crippen molar-refractivity contribution in [2.24, 2.45) is 5.41 Å². The molecule has 0 amide bonds. The van der Waals surface area contributed by atoms with Gasteiger partial charge in [-0.1, -0.05) is 51.4 Å². The Labute approximate surface area is 115 Å². The summed E-state index contributed by atoms with van der Waals surface area (Å²) in [5.74, 6) is 0. The van der Waals surface area contributed by atoms with Crippen LogP contribution in [0.1, 0.15) is 33.3 Å². The average molecular weight is 270 g/mol. The molecule has 0 unspecified atom stereocenters. The number of rotatable bonds is 6. The lowest BCUT2D eigenvalue weighted by Gasteiger charge is -2.29. The van der Waals surface area contributed by atoms with Crippen molar-refractivity contribution in [3.8, 4) is 0 Å². The molecule has 0 saturated heterocycles. The maximum Gasteiger partial charge on any atom is 0.0494 e. The van der Waals surface area contributed by atoms with E-state index in [9.17, 15) is 5.11 Å². The fourth-order valence-corrected chi connectivity index (χ4v) is 1.90. The van der Waals surface area contributed by atoms with Crippen LogP contribution in [0.15, 0.2) is 24.3 Å². The smallest absolute Gasteiger partial charge is 0.0494 e. The number of aliphatic hydroxyl groups excluding tert-OH is 1. The molecule has 0 bridgehead atoms. The van der Waals surface area contributed by atoms with Crippen LogP contribution in [0, 0.1) is 5.41 Å². The number of aliphatic hydroxyl groups is 1. The van der Waals surface area contributed by atoms with E-state index in [2.05, 4.69) is 45.1 Å². The molecule has 102 valence electrons. The van der Waals surface area contributed by atoms with Gasteiger partial charge in [0.2, 0.25) is 0 Å². The van der Waals surface area contributed by atoms with Gasteiger partial charge in [0.1, 0.15) is 0 Å². The van der Waals surface area contributed by atoms with Gasteiger partial charge < -0.3 is 10.4 Å². The minimum absolute atomic E-state index is 0.0517. The van der Waals surface area contributed by atoms with Gasteiger partial charge >= 0.3 is 0 Å². The molecule has 0 heterocycles. The molecule has 0 fully saturated rings. The average Bonchev–Trinajstić information content (AvgIpc) is 2.29. The van der Waals surface area contributed by atoms with Gasteiger partial charge in [-0.25, -0.2) is 0 Å². The molecule has 0 saturated carbocycles. The van der Waals surface area contributed by atoms with E-state index in [0.717, 1.165) is 18.1 Å². The van der Waals surface area contributed by atoms with E-state index in [1.54, 1.807) is 0 Å². The number of halogens is 1. The molecule has 1 aromatic carbocycles. The third-order valence-electron chi connectivity index (χ3n) is 3.22. The Morgan fingerprint density at radius 3 is 2.11 bits per heavy atom. The van der Waals surface area contributed by atoms with E-state index < -0.39 is 0 Å². The van der Waals surface area contributed by atoms with E-state index in [1.165, 1.54) is 5.56 Å². The summed E-state index contributed by atoms with van der Waals surface area (Å²) in [6, 6.07) is 8.00. The second kappa shape index (κ2) is 6.05. The summed E-state index contributed by atoms with van der Waals surface area (Å²) in [7, 11) is 0. The molecule has 0 aromatic heterocycles. The van der Waals surface area contributed by atoms with E-state index in [0.29, 0.717) is 0 Å². The normalized spacial score (nSPS) is 12.8. The molecule has 0 radical (unpaired) electrons. The molecule has 1 rings (SSSR count). The molecule has 0 aliphatic rings. The van der Waals surface area contributed by atoms with Crippen molar-refractivity contribution in [2.45, 2.75) is 33.1 Å². The first-order valence-corrected chi connectivity index (χ1v) is 6.72. The highest BCUT2D eigenvalue weighted by Crippen LogP contribution is 2.24. The van der Waals surface area contributed by atoms with Crippen LogP contribution in [0.2, 0.25) is 5.02 Å². The summed E-state index contributed by atoms with van der Waals surface area (Å²) < 4.78 is 0. The van der Waals surface area contributed by atoms with Crippen LogP contribution >= 0.6 is 11.6 Å². The van der Waals surface area contributed by atoms with Crippen molar-refractivity contribution in [3.05, 3.63) is 34.9 Å². The number of hydrogen-bond donors (Lipinski definition) is 2. The fourth-order valence-electron chi connectivity index (χ4n) is 1.77. The van der Waals surface area contributed by atoms with E-state index >= 15 is 0 Å². The van der Waals surface area contributed by atoms with E-state index in [1.807, 2.05) is 12.1 Å². The largest absolute Gasteiger partial charge is 0.396 e. The van der Waals surface area contributed by atoms with Gasteiger partial charge in [0.25, 0.3) is 0 Å². The second-order valence-electron chi connectivity index (χ2n) is 6.32. The highest BCUT2D eigenvalue weighted by atomic mass is 35.5. The molecular weight excluding hydrogens is 246 g/mol. The van der Waals surface area contributed by atoms with Gasteiger partial charge in [0.15, 0.2) is 0 Å². The Kier molecular flexibility index (Phi) is 5.20. The first-order valence-electron chi connectivity index (χ1n) is 6.34. The lowest BCUT2D eigenvalue weighted by molar-refractivity contribution is 0.155. The minimum atomic E-state index is -0.0733. The molecular formula is C15H24ClNO. The quantitative estimate of drug-likeness (QED) is 0.831. The van der Waals surface area contributed by atoms with Crippen LogP contribution in [0.3, 0.4) is 0 Å². The second-order valence-corrected chi connectivity index (χ2v) is 6.75. The van der Waals surface area contributed by atoms with E-state index in [4.69, 9.17) is 11.6 Å². The zero-order chi connectivity index (χ0) is 13.8. The summed E-state index contributed by atoms with van der Waals surface area (Å²) in [5, 5.41) is 13.4. The first kappa shape index (κ1) is 15.5. The molecule has 1 aromatic rings. The van der Waals surface area contributed by atoms with Crippen molar-refractivity contribution in [2.75, 3.05) is 19.7 Å². The highest BCUT2D eigenvalue weighted by Gasteiger charge is 2.22. The summed E-state index contributed by atoms with van der Waals surface area (Å²) in [6.07, 6.45) is 0. The number of hydrogen-bond acceptors (Lipinski definition) is 2. The van der Waals surface area contributed by atoms with Crippen LogP contribution in [0.4, 0.5) is 0 Å². The Balaban J connectivity index is 2.57. The van der Waals surface area contributed by atoms with Crippen molar-refractivity contribution in [1.82, 2.24) is 5.32 Å². The Morgan fingerprint density at radius 2 is 1.61 bits per heavy atom. The molecule has 0 atom stereocenters. The zero-order valence-electron chi connectivity index (χ0n) is 11.8. The van der Waals surface area contributed by atoms with Crippen LogP contribution < -0.4 is 5.32 Å². The minimum Gasteiger partial charge on any atom is -0.396 e. The molecule has 0 spiro atoms. The topological polar surface area (TPSA) is 32.3 Å². The van der Waals surface area contributed by atoms with Gasteiger partial charge in [0.05, 0.1) is 0 Å². The lowest BCUT2D eigenvalue weighted by Crippen LogP contribution is -2.39. The Bertz CT molecular complexity index is 371. The van der Waals surface area contributed by atoms with Crippen molar-refractivity contribution in [1.29, 1.82) is 0 Å². The molecule has 18 heavy (non-hydrogen) atoms. The van der Waals surface area contributed by atoms with Crippen LogP contribution in [-0.2, 0) is 5.41 Å². The molecule has 2 nitrogen and oxygen atoms in total. The summed E-state index contributed by atoms with van der Waals surface area (Å²) in [5.41, 5.74) is 1.24. The Morgan fingerprint density at radius 1 is 1.06 bits per heavy atom. The first-order chi connectivity index (χ1) is 8.27. The van der Waals surface area contributed by atoms with Gasteiger partial charge in [-0.15, -0.1) is 0 Å². The molecule has 0 aliphatic heterocycles. The van der Waals surface area contributed by atoms with Gasteiger partial charge in [0, 0.05) is 35.5 Å². The zero-order valence-corrected chi connectivity index (χ0v) is 12.5. The third kappa shape index (κ3) is 4.60.